The van der Waals surface area contributed by atoms with Crippen LogP contribution >= 0.6 is 0 Å². The number of nitrogens with zero attached hydrogens (tertiary/aromatic N) is 3. The minimum atomic E-state index is -0.0756. The van der Waals surface area contributed by atoms with Gasteiger partial charge in [0, 0.05) is 17.7 Å². The first-order valence-electron chi connectivity index (χ1n) is 16.8. The highest BCUT2D eigenvalue weighted by Crippen LogP contribution is 2.36. The highest BCUT2D eigenvalue weighted by molar-refractivity contribution is 5.72. The largest absolute Gasteiger partial charge is 0.507 e. The van der Waals surface area contributed by atoms with Crippen LogP contribution in [-0.2, 0) is 6.61 Å². The third kappa shape index (κ3) is 9.42. The van der Waals surface area contributed by atoms with Gasteiger partial charge in [-0.3, -0.25) is 0 Å². The SMILES string of the molecule is CCCCC(CC)COc1ccc(-c2nc(-c3ccc(CO)cc3)nc(-c3ccc(OCC(CC)CCCC)cc3O)n2)c(O)c1. The molecular weight excluding hydrogens is 578 g/mol. The lowest BCUT2D eigenvalue weighted by Gasteiger charge is -2.16. The van der Waals surface area contributed by atoms with Crippen molar-refractivity contribution < 1.29 is 24.8 Å². The first-order valence-corrected chi connectivity index (χ1v) is 16.8. The van der Waals surface area contributed by atoms with Gasteiger partial charge in [-0.1, -0.05) is 90.5 Å². The van der Waals surface area contributed by atoms with Crippen molar-refractivity contribution in [1.82, 2.24) is 15.0 Å². The Morgan fingerprint density at radius 3 is 1.46 bits per heavy atom. The van der Waals surface area contributed by atoms with Crippen molar-refractivity contribution in [3.63, 3.8) is 0 Å². The highest BCUT2D eigenvalue weighted by Gasteiger charge is 2.18. The summed E-state index contributed by atoms with van der Waals surface area (Å²) in [6.45, 7) is 9.84. The Balaban J connectivity index is 1.65. The predicted molar refractivity (Wildman–Crippen MR) is 183 cm³/mol. The number of unbranched alkanes of at least 4 members (excludes halogenated alkanes) is 2. The lowest BCUT2D eigenvalue weighted by molar-refractivity contribution is 0.232. The van der Waals surface area contributed by atoms with Crippen LogP contribution in [0.25, 0.3) is 34.2 Å². The highest BCUT2D eigenvalue weighted by atomic mass is 16.5. The summed E-state index contributed by atoms with van der Waals surface area (Å²) in [5.41, 5.74) is 2.30. The smallest absolute Gasteiger partial charge is 0.167 e. The topological polar surface area (TPSA) is 118 Å². The van der Waals surface area contributed by atoms with E-state index in [0.717, 1.165) is 44.1 Å². The molecule has 0 aliphatic carbocycles. The van der Waals surface area contributed by atoms with Crippen molar-refractivity contribution in [2.75, 3.05) is 13.2 Å². The molecular formula is C38H49N3O5. The molecule has 246 valence electrons. The maximum absolute atomic E-state index is 11.1. The zero-order valence-corrected chi connectivity index (χ0v) is 27.7. The van der Waals surface area contributed by atoms with E-state index in [2.05, 4.69) is 27.7 Å². The van der Waals surface area contributed by atoms with Crippen molar-refractivity contribution in [3.05, 3.63) is 66.2 Å². The molecule has 0 fully saturated rings. The van der Waals surface area contributed by atoms with Gasteiger partial charge in [-0.15, -0.1) is 0 Å². The van der Waals surface area contributed by atoms with Gasteiger partial charge >= 0.3 is 0 Å². The fraction of sp³-hybridized carbons (Fsp3) is 0.447. The van der Waals surface area contributed by atoms with Crippen LogP contribution in [0, 0.1) is 11.8 Å². The third-order valence-corrected chi connectivity index (χ3v) is 8.51. The summed E-state index contributed by atoms with van der Waals surface area (Å²) in [5, 5.41) is 31.7. The Morgan fingerprint density at radius 2 is 1.07 bits per heavy atom. The second-order valence-corrected chi connectivity index (χ2v) is 12.0. The Kier molecular flexibility index (Phi) is 13.2. The van der Waals surface area contributed by atoms with Crippen LogP contribution in [0.15, 0.2) is 60.7 Å². The lowest BCUT2D eigenvalue weighted by atomic mass is 10.0. The van der Waals surface area contributed by atoms with Crippen LogP contribution in [-0.4, -0.2) is 43.5 Å². The number of aromatic hydroxyl groups is 2. The fourth-order valence-electron chi connectivity index (χ4n) is 5.31. The van der Waals surface area contributed by atoms with Crippen molar-refractivity contribution >= 4 is 0 Å². The number of aliphatic hydroxyl groups is 1. The Bertz CT molecular complexity index is 1440. The Labute approximate surface area is 273 Å². The van der Waals surface area contributed by atoms with Crippen LogP contribution in [0.4, 0.5) is 0 Å². The van der Waals surface area contributed by atoms with Gasteiger partial charge in [0.2, 0.25) is 0 Å². The molecule has 0 saturated heterocycles. The van der Waals surface area contributed by atoms with Gasteiger partial charge in [-0.2, -0.15) is 0 Å². The van der Waals surface area contributed by atoms with E-state index in [4.69, 9.17) is 24.4 Å². The van der Waals surface area contributed by atoms with E-state index in [9.17, 15) is 15.3 Å². The molecule has 0 saturated carbocycles. The molecule has 3 aromatic carbocycles. The molecule has 0 bridgehead atoms. The number of aromatic nitrogens is 3. The molecule has 2 unspecified atom stereocenters. The number of phenols is 2. The predicted octanol–water partition coefficient (Wildman–Crippen LogP) is 8.97. The Hall–Kier alpha value is -4.17. The third-order valence-electron chi connectivity index (χ3n) is 8.51. The summed E-state index contributed by atoms with van der Waals surface area (Å²) in [4.78, 5) is 14.1. The molecule has 0 radical (unpaired) electrons. The second-order valence-electron chi connectivity index (χ2n) is 12.0. The van der Waals surface area contributed by atoms with Gasteiger partial charge in [0.15, 0.2) is 17.5 Å². The molecule has 2 atom stereocenters. The minimum Gasteiger partial charge on any atom is -0.507 e. The normalized spacial score (nSPS) is 12.5. The van der Waals surface area contributed by atoms with Gasteiger partial charge in [0.1, 0.15) is 23.0 Å². The van der Waals surface area contributed by atoms with E-state index < -0.39 is 0 Å². The van der Waals surface area contributed by atoms with Gasteiger partial charge in [0.05, 0.1) is 30.9 Å². The molecule has 46 heavy (non-hydrogen) atoms. The van der Waals surface area contributed by atoms with Crippen LogP contribution in [0.5, 0.6) is 23.0 Å². The summed E-state index contributed by atoms with van der Waals surface area (Å²) < 4.78 is 12.1. The van der Waals surface area contributed by atoms with Gasteiger partial charge in [0.25, 0.3) is 0 Å². The quantitative estimate of drug-likeness (QED) is 0.100. The summed E-state index contributed by atoms with van der Waals surface area (Å²) in [5.74, 6) is 2.94. The average Bonchev–Trinajstić information content (AvgIpc) is 3.08. The van der Waals surface area contributed by atoms with E-state index in [0.29, 0.717) is 59.1 Å². The molecule has 0 amide bonds. The molecule has 8 nitrogen and oxygen atoms in total. The van der Waals surface area contributed by atoms with Crippen LogP contribution in [0.1, 0.15) is 84.6 Å². The molecule has 0 spiro atoms. The second kappa shape index (κ2) is 17.5. The average molecular weight is 628 g/mol. The summed E-state index contributed by atoms with van der Waals surface area (Å²) in [6, 6.07) is 17.6. The molecule has 3 N–H and O–H groups in total. The fourth-order valence-corrected chi connectivity index (χ4v) is 5.31. The van der Waals surface area contributed by atoms with Crippen molar-refractivity contribution in [1.29, 1.82) is 0 Å². The summed E-state index contributed by atoms with van der Waals surface area (Å²) in [7, 11) is 0. The molecule has 0 aliphatic rings. The lowest BCUT2D eigenvalue weighted by Crippen LogP contribution is -2.11. The minimum absolute atomic E-state index is 0.0145. The number of aliphatic hydroxyl groups excluding tert-OH is 1. The monoisotopic (exact) mass is 627 g/mol. The standard InChI is InChI=1S/C38H49N3O5/c1-5-9-11-26(7-3)24-45-30-17-19-32(34(43)21-30)37-39-36(29-15-13-28(23-42)14-16-29)40-38(41-37)33-20-18-31(22-35(33)44)46-25-27(8-4)12-10-6-2/h13-22,26-27,42-44H,5-12,23-25H2,1-4H3. The molecule has 0 aliphatic heterocycles. The van der Waals surface area contributed by atoms with Crippen LogP contribution < -0.4 is 9.47 Å². The van der Waals surface area contributed by atoms with Gasteiger partial charge in [-0.05, 0) is 54.5 Å². The molecule has 8 heteroatoms. The van der Waals surface area contributed by atoms with Gasteiger partial charge < -0.3 is 24.8 Å². The van der Waals surface area contributed by atoms with E-state index in [1.165, 1.54) is 12.8 Å². The van der Waals surface area contributed by atoms with Crippen molar-refractivity contribution in [2.45, 2.75) is 85.7 Å². The van der Waals surface area contributed by atoms with E-state index in [1.807, 2.05) is 24.3 Å². The maximum Gasteiger partial charge on any atom is 0.167 e. The summed E-state index contributed by atoms with van der Waals surface area (Å²) in [6.07, 6.45) is 8.96. The van der Waals surface area contributed by atoms with Crippen molar-refractivity contribution in [3.8, 4) is 57.2 Å². The van der Waals surface area contributed by atoms with Crippen LogP contribution in [0.3, 0.4) is 0 Å². The van der Waals surface area contributed by atoms with Crippen molar-refractivity contribution in [2.24, 2.45) is 11.8 Å². The molecule has 4 rings (SSSR count). The van der Waals surface area contributed by atoms with E-state index >= 15 is 0 Å². The Morgan fingerprint density at radius 1 is 0.609 bits per heavy atom. The number of phenolic OH excluding ortho intramolecular Hbond substituents is 2. The van der Waals surface area contributed by atoms with Gasteiger partial charge in [-0.25, -0.2) is 15.0 Å². The molecule has 1 heterocycles. The number of rotatable bonds is 18. The maximum atomic E-state index is 11.1. The van der Waals surface area contributed by atoms with E-state index in [1.54, 1.807) is 36.4 Å². The number of ether oxygens (including phenoxy) is 2. The number of hydrogen-bond donors (Lipinski definition) is 3. The van der Waals surface area contributed by atoms with E-state index in [-0.39, 0.29) is 29.8 Å². The number of benzene rings is 3. The van der Waals surface area contributed by atoms with Crippen LogP contribution in [0.2, 0.25) is 0 Å². The first-order chi connectivity index (χ1) is 22.4. The number of hydrogen-bond acceptors (Lipinski definition) is 8. The molecule has 1 aromatic heterocycles. The zero-order valence-electron chi connectivity index (χ0n) is 27.7. The molecule has 4 aromatic rings. The summed E-state index contributed by atoms with van der Waals surface area (Å²) >= 11 is 0. The zero-order chi connectivity index (χ0) is 32.9. The first kappa shape index (κ1) is 34.7.